The highest BCUT2D eigenvalue weighted by Gasteiger charge is 2.29. The van der Waals surface area contributed by atoms with Crippen LogP contribution in [0.1, 0.15) is 31.2 Å². The lowest BCUT2D eigenvalue weighted by molar-refractivity contribution is -0.122. The highest BCUT2D eigenvalue weighted by atomic mass is 16.1. The fourth-order valence-corrected chi connectivity index (χ4v) is 2.45. The van der Waals surface area contributed by atoms with Crippen molar-refractivity contribution in [3.63, 3.8) is 0 Å². The molecule has 1 aliphatic carbocycles. The molecule has 0 aromatic carbocycles. The number of ketones is 1. The Hall–Kier alpha value is -1.73. The van der Waals surface area contributed by atoms with Gasteiger partial charge < -0.3 is 0 Å². The highest BCUT2D eigenvalue weighted by molar-refractivity contribution is 5.85. The summed E-state index contributed by atoms with van der Waals surface area (Å²) < 4.78 is 0. The second-order valence-electron chi connectivity index (χ2n) is 4.61. The summed E-state index contributed by atoms with van der Waals surface area (Å²) >= 11 is 0. The molecule has 2 rings (SSSR count). The lowest BCUT2D eigenvalue weighted by Crippen LogP contribution is -2.38. The molecular formula is C14H17N3O. The monoisotopic (exact) mass is 243 g/mol. The van der Waals surface area contributed by atoms with Crippen LogP contribution in [-0.4, -0.2) is 28.3 Å². The Morgan fingerprint density at radius 1 is 1.56 bits per heavy atom. The van der Waals surface area contributed by atoms with Gasteiger partial charge in [0.1, 0.15) is 5.78 Å². The number of nitrogens with zero attached hydrogens (tertiary/aromatic N) is 3. The molecule has 1 aliphatic rings. The van der Waals surface area contributed by atoms with E-state index in [4.69, 9.17) is 5.26 Å². The molecule has 0 radical (unpaired) electrons. The first-order valence-electron chi connectivity index (χ1n) is 6.34. The van der Waals surface area contributed by atoms with Crippen LogP contribution in [0.15, 0.2) is 24.5 Å². The summed E-state index contributed by atoms with van der Waals surface area (Å²) in [5.74, 6) is 0.317. The Labute approximate surface area is 107 Å². The maximum absolute atomic E-state index is 11.8. The molecule has 1 unspecified atom stereocenters. The normalized spacial score (nSPS) is 19.1. The number of carbonyl (C=O) groups excluding carboxylic acids is 1. The largest absolute Gasteiger partial charge is 0.298 e. The Bertz CT molecular complexity index is 438. The summed E-state index contributed by atoms with van der Waals surface area (Å²) in [6.45, 7) is 1.35. The molecule has 1 atom stereocenters. The smallest absolute Gasteiger partial charge is 0.149 e. The third kappa shape index (κ3) is 3.14. The Morgan fingerprint density at radius 3 is 3.06 bits per heavy atom. The van der Waals surface area contributed by atoms with Gasteiger partial charge in [0, 0.05) is 38.3 Å². The molecule has 0 N–H and O–H groups in total. The molecule has 1 fully saturated rings. The summed E-state index contributed by atoms with van der Waals surface area (Å²) in [5.41, 5.74) is 1.09. The van der Waals surface area contributed by atoms with Crippen LogP contribution in [-0.2, 0) is 11.3 Å². The molecule has 1 heterocycles. The maximum Gasteiger partial charge on any atom is 0.149 e. The molecule has 4 heteroatoms. The van der Waals surface area contributed by atoms with Crippen molar-refractivity contribution in [3.8, 4) is 6.07 Å². The van der Waals surface area contributed by atoms with Crippen LogP contribution in [0.4, 0.5) is 0 Å². The van der Waals surface area contributed by atoms with Crippen molar-refractivity contribution in [3.05, 3.63) is 30.1 Å². The standard InChI is InChI=1S/C14H17N3O/c15-7-3-9-17(13-5-1-6-14(13)18)11-12-4-2-8-16-10-12/h2,4,8,10,13H,1,3,5-6,9,11H2. The van der Waals surface area contributed by atoms with Crippen molar-refractivity contribution < 1.29 is 4.79 Å². The maximum atomic E-state index is 11.8. The second kappa shape index (κ2) is 6.27. The van der Waals surface area contributed by atoms with E-state index in [-0.39, 0.29) is 6.04 Å². The van der Waals surface area contributed by atoms with Gasteiger partial charge in [-0.1, -0.05) is 6.07 Å². The second-order valence-corrected chi connectivity index (χ2v) is 4.61. The summed E-state index contributed by atoms with van der Waals surface area (Å²) in [4.78, 5) is 18.0. The molecule has 0 aliphatic heterocycles. The predicted octanol–water partition coefficient (Wildman–Crippen LogP) is 1.92. The van der Waals surface area contributed by atoms with E-state index >= 15 is 0 Å². The zero-order chi connectivity index (χ0) is 12.8. The van der Waals surface area contributed by atoms with Crippen LogP contribution in [0.3, 0.4) is 0 Å². The van der Waals surface area contributed by atoms with Crippen LogP contribution in [0, 0.1) is 11.3 Å². The Morgan fingerprint density at radius 2 is 2.44 bits per heavy atom. The lowest BCUT2D eigenvalue weighted by atomic mass is 10.1. The van der Waals surface area contributed by atoms with Crippen LogP contribution in [0.5, 0.6) is 0 Å². The van der Waals surface area contributed by atoms with Gasteiger partial charge >= 0.3 is 0 Å². The van der Waals surface area contributed by atoms with Crippen molar-refractivity contribution in [2.75, 3.05) is 6.54 Å². The van der Waals surface area contributed by atoms with Gasteiger partial charge in [-0.15, -0.1) is 0 Å². The van der Waals surface area contributed by atoms with Crippen LogP contribution in [0.2, 0.25) is 0 Å². The predicted molar refractivity (Wildman–Crippen MR) is 67.5 cm³/mol. The number of pyridine rings is 1. The van der Waals surface area contributed by atoms with Gasteiger partial charge in [-0.2, -0.15) is 5.26 Å². The van der Waals surface area contributed by atoms with Gasteiger partial charge in [0.05, 0.1) is 12.1 Å². The van der Waals surface area contributed by atoms with Crippen LogP contribution in [0.25, 0.3) is 0 Å². The van der Waals surface area contributed by atoms with Gasteiger partial charge in [-0.3, -0.25) is 14.7 Å². The van der Waals surface area contributed by atoms with Gasteiger partial charge in [0.2, 0.25) is 0 Å². The van der Waals surface area contributed by atoms with E-state index in [9.17, 15) is 4.79 Å². The first-order chi connectivity index (χ1) is 8.81. The Kier molecular flexibility index (Phi) is 4.43. The summed E-state index contributed by atoms with van der Waals surface area (Å²) in [5, 5.41) is 8.72. The van der Waals surface area contributed by atoms with Gasteiger partial charge in [-0.25, -0.2) is 0 Å². The van der Waals surface area contributed by atoms with E-state index < -0.39 is 0 Å². The van der Waals surface area contributed by atoms with Crippen molar-refractivity contribution in [1.82, 2.24) is 9.88 Å². The van der Waals surface area contributed by atoms with Gasteiger partial charge in [0.15, 0.2) is 0 Å². The van der Waals surface area contributed by atoms with Crippen molar-refractivity contribution in [2.45, 2.75) is 38.3 Å². The Balaban J connectivity index is 2.05. The lowest BCUT2D eigenvalue weighted by Gasteiger charge is -2.26. The number of nitriles is 1. The number of Topliss-reactive ketones (excluding diaryl/α,β-unsaturated/α-hetero) is 1. The highest BCUT2D eigenvalue weighted by Crippen LogP contribution is 2.22. The first-order valence-corrected chi connectivity index (χ1v) is 6.34. The number of carbonyl (C=O) groups is 1. The minimum atomic E-state index is -0.00134. The molecule has 1 aromatic rings. The first kappa shape index (κ1) is 12.7. The third-order valence-electron chi connectivity index (χ3n) is 3.33. The van der Waals surface area contributed by atoms with Crippen molar-refractivity contribution in [1.29, 1.82) is 5.26 Å². The minimum absolute atomic E-state index is 0.00134. The molecule has 0 spiro atoms. The number of hydrogen-bond acceptors (Lipinski definition) is 4. The summed E-state index contributed by atoms with van der Waals surface area (Å²) in [6, 6.07) is 6.06. The van der Waals surface area contributed by atoms with Crippen molar-refractivity contribution in [2.24, 2.45) is 0 Å². The van der Waals surface area contributed by atoms with Gasteiger partial charge in [-0.05, 0) is 24.5 Å². The molecule has 0 amide bonds. The minimum Gasteiger partial charge on any atom is -0.298 e. The number of hydrogen-bond donors (Lipinski definition) is 0. The van der Waals surface area contributed by atoms with E-state index in [1.165, 1.54) is 0 Å². The van der Waals surface area contributed by atoms with E-state index in [2.05, 4.69) is 16.0 Å². The zero-order valence-electron chi connectivity index (χ0n) is 10.4. The van der Waals surface area contributed by atoms with Gasteiger partial charge in [0.25, 0.3) is 0 Å². The SMILES string of the molecule is N#CCCN(Cc1cccnc1)C1CCCC1=O. The molecule has 94 valence electrons. The van der Waals surface area contributed by atoms with E-state index in [1.54, 1.807) is 6.20 Å². The average molecular weight is 243 g/mol. The topological polar surface area (TPSA) is 57.0 Å². The van der Waals surface area contributed by atoms with Crippen molar-refractivity contribution >= 4 is 5.78 Å². The fourth-order valence-electron chi connectivity index (χ4n) is 2.45. The number of rotatable bonds is 5. The number of aromatic nitrogens is 1. The zero-order valence-corrected chi connectivity index (χ0v) is 10.4. The average Bonchev–Trinajstić information content (AvgIpc) is 2.82. The van der Waals surface area contributed by atoms with Crippen LogP contribution >= 0.6 is 0 Å². The quantitative estimate of drug-likeness (QED) is 0.792. The third-order valence-corrected chi connectivity index (χ3v) is 3.33. The molecule has 0 bridgehead atoms. The van der Waals surface area contributed by atoms with Crippen LogP contribution < -0.4 is 0 Å². The van der Waals surface area contributed by atoms with E-state index in [0.717, 1.165) is 18.4 Å². The van der Waals surface area contributed by atoms with E-state index in [0.29, 0.717) is 31.7 Å². The molecule has 0 saturated heterocycles. The summed E-state index contributed by atoms with van der Waals surface area (Å²) in [7, 11) is 0. The molecule has 18 heavy (non-hydrogen) atoms. The molecular weight excluding hydrogens is 226 g/mol. The van der Waals surface area contributed by atoms with E-state index in [1.807, 2.05) is 18.3 Å². The summed E-state index contributed by atoms with van der Waals surface area (Å²) in [6.07, 6.45) is 6.59. The molecule has 4 nitrogen and oxygen atoms in total. The fraction of sp³-hybridized carbons (Fsp3) is 0.500. The molecule has 1 aromatic heterocycles. The molecule has 1 saturated carbocycles.